The fourth-order valence-corrected chi connectivity index (χ4v) is 3.22. The average molecular weight is 305 g/mol. The predicted octanol–water partition coefficient (Wildman–Crippen LogP) is 1.43. The van der Waals surface area contributed by atoms with Gasteiger partial charge in [-0.25, -0.2) is 9.67 Å². The van der Waals surface area contributed by atoms with Crippen molar-refractivity contribution in [2.24, 2.45) is 10.9 Å². The Hall–Kier alpha value is -2.16. The third kappa shape index (κ3) is 2.97. The number of pyridine rings is 1. The molecule has 1 aliphatic carbocycles. The molecule has 1 fully saturated rings. The van der Waals surface area contributed by atoms with Gasteiger partial charge in [0.25, 0.3) is 0 Å². The topological polar surface area (TPSA) is 115 Å². The van der Waals surface area contributed by atoms with Gasteiger partial charge in [0.15, 0.2) is 5.84 Å². The molecule has 1 saturated carbocycles. The summed E-state index contributed by atoms with van der Waals surface area (Å²) in [6.07, 6.45) is 4.64. The Morgan fingerprint density at radius 3 is 2.95 bits per heavy atom. The van der Waals surface area contributed by atoms with E-state index < -0.39 is 0 Å². The zero-order valence-corrected chi connectivity index (χ0v) is 12.1. The summed E-state index contributed by atoms with van der Waals surface area (Å²) in [5.41, 5.74) is 5.97. The molecular weight excluding hydrogens is 290 g/mol. The lowest BCUT2D eigenvalue weighted by Crippen LogP contribution is -2.15. The monoisotopic (exact) mass is 305 g/mol. The number of rotatable bonds is 4. The SMILES string of the molecule is NC(=NO)c1cccc(Sc2nnnn2C2CCCC2)n1. The first-order valence-electron chi connectivity index (χ1n) is 6.68. The molecule has 0 saturated heterocycles. The molecule has 1 aliphatic rings. The van der Waals surface area contributed by atoms with Crippen molar-refractivity contribution in [3.05, 3.63) is 23.9 Å². The number of oxime groups is 1. The van der Waals surface area contributed by atoms with Gasteiger partial charge < -0.3 is 10.9 Å². The second-order valence-electron chi connectivity index (χ2n) is 4.79. The van der Waals surface area contributed by atoms with E-state index in [4.69, 9.17) is 10.9 Å². The summed E-state index contributed by atoms with van der Waals surface area (Å²) in [7, 11) is 0. The van der Waals surface area contributed by atoms with Gasteiger partial charge in [0, 0.05) is 0 Å². The van der Waals surface area contributed by atoms with Gasteiger partial charge in [-0.2, -0.15) is 0 Å². The highest BCUT2D eigenvalue weighted by atomic mass is 32.2. The highest BCUT2D eigenvalue weighted by molar-refractivity contribution is 7.99. The van der Waals surface area contributed by atoms with Crippen molar-refractivity contribution < 1.29 is 5.21 Å². The molecule has 0 spiro atoms. The molecule has 2 aromatic heterocycles. The molecule has 0 aromatic carbocycles. The van der Waals surface area contributed by atoms with Crippen LogP contribution < -0.4 is 5.73 Å². The lowest BCUT2D eigenvalue weighted by atomic mass is 10.3. The maximum Gasteiger partial charge on any atom is 0.215 e. The Bertz CT molecular complexity index is 651. The molecule has 0 amide bonds. The maximum absolute atomic E-state index is 8.70. The van der Waals surface area contributed by atoms with Crippen molar-refractivity contribution in [3.8, 4) is 0 Å². The van der Waals surface area contributed by atoms with Crippen molar-refractivity contribution in [2.75, 3.05) is 0 Å². The number of nitrogens with zero attached hydrogens (tertiary/aromatic N) is 6. The van der Waals surface area contributed by atoms with E-state index in [1.54, 1.807) is 12.1 Å². The zero-order valence-electron chi connectivity index (χ0n) is 11.3. The van der Waals surface area contributed by atoms with Gasteiger partial charge in [-0.1, -0.05) is 24.1 Å². The summed E-state index contributed by atoms with van der Waals surface area (Å²) < 4.78 is 1.87. The van der Waals surface area contributed by atoms with Crippen molar-refractivity contribution in [2.45, 2.75) is 41.9 Å². The first-order chi connectivity index (χ1) is 10.3. The van der Waals surface area contributed by atoms with E-state index in [1.165, 1.54) is 24.6 Å². The summed E-state index contributed by atoms with van der Waals surface area (Å²) in [5, 5.41) is 25.0. The number of tetrazole rings is 1. The van der Waals surface area contributed by atoms with Crippen LogP contribution in [0.1, 0.15) is 37.4 Å². The maximum atomic E-state index is 8.70. The molecule has 0 radical (unpaired) electrons. The van der Waals surface area contributed by atoms with Crippen molar-refractivity contribution in [3.63, 3.8) is 0 Å². The van der Waals surface area contributed by atoms with Gasteiger partial charge in [-0.05, 0) is 47.2 Å². The number of aromatic nitrogens is 5. The Balaban J connectivity index is 1.82. The van der Waals surface area contributed by atoms with Gasteiger partial charge in [-0.15, -0.1) is 5.10 Å². The molecule has 0 bridgehead atoms. The van der Waals surface area contributed by atoms with E-state index in [9.17, 15) is 0 Å². The van der Waals surface area contributed by atoms with Crippen LogP contribution in [0.4, 0.5) is 0 Å². The number of hydrogen-bond donors (Lipinski definition) is 2. The second kappa shape index (κ2) is 6.08. The molecule has 0 unspecified atom stereocenters. The Morgan fingerprint density at radius 2 is 2.19 bits per heavy atom. The van der Waals surface area contributed by atoms with E-state index in [0.717, 1.165) is 12.8 Å². The van der Waals surface area contributed by atoms with Crippen LogP contribution in [-0.2, 0) is 0 Å². The molecule has 8 nitrogen and oxygen atoms in total. The third-order valence-corrected chi connectivity index (χ3v) is 4.31. The third-order valence-electron chi connectivity index (χ3n) is 3.42. The van der Waals surface area contributed by atoms with Crippen LogP contribution >= 0.6 is 11.8 Å². The van der Waals surface area contributed by atoms with Crippen molar-refractivity contribution >= 4 is 17.6 Å². The minimum atomic E-state index is -0.0205. The summed E-state index contributed by atoms with van der Waals surface area (Å²) in [5.74, 6) is -0.0205. The van der Waals surface area contributed by atoms with E-state index in [1.807, 2.05) is 10.7 Å². The van der Waals surface area contributed by atoms with E-state index in [2.05, 4.69) is 25.7 Å². The Labute approximate surface area is 125 Å². The summed E-state index contributed by atoms with van der Waals surface area (Å²) in [6.45, 7) is 0. The van der Waals surface area contributed by atoms with E-state index in [0.29, 0.717) is 21.9 Å². The van der Waals surface area contributed by atoms with Gasteiger partial charge in [0.05, 0.1) is 6.04 Å². The van der Waals surface area contributed by atoms with Crippen LogP contribution in [0.3, 0.4) is 0 Å². The fourth-order valence-electron chi connectivity index (χ4n) is 2.39. The van der Waals surface area contributed by atoms with Crippen LogP contribution in [-0.4, -0.2) is 36.2 Å². The number of nitrogens with two attached hydrogens (primary N) is 1. The van der Waals surface area contributed by atoms with Crippen LogP contribution in [0.15, 0.2) is 33.5 Å². The molecule has 3 rings (SSSR count). The van der Waals surface area contributed by atoms with Gasteiger partial charge in [-0.3, -0.25) is 0 Å². The molecule has 9 heteroatoms. The van der Waals surface area contributed by atoms with Crippen LogP contribution in [0, 0.1) is 0 Å². The highest BCUT2D eigenvalue weighted by Gasteiger charge is 2.22. The summed E-state index contributed by atoms with van der Waals surface area (Å²) in [6, 6.07) is 5.69. The van der Waals surface area contributed by atoms with Crippen molar-refractivity contribution in [1.29, 1.82) is 0 Å². The van der Waals surface area contributed by atoms with Crippen LogP contribution in [0.2, 0.25) is 0 Å². The smallest absolute Gasteiger partial charge is 0.215 e. The zero-order chi connectivity index (χ0) is 14.7. The summed E-state index contributed by atoms with van der Waals surface area (Å²) >= 11 is 1.37. The Morgan fingerprint density at radius 1 is 1.38 bits per heavy atom. The van der Waals surface area contributed by atoms with Crippen LogP contribution in [0.5, 0.6) is 0 Å². The molecule has 0 atom stereocenters. The predicted molar refractivity (Wildman–Crippen MR) is 76.2 cm³/mol. The quantitative estimate of drug-likeness (QED) is 0.380. The molecule has 21 heavy (non-hydrogen) atoms. The lowest BCUT2D eigenvalue weighted by Gasteiger charge is -2.10. The number of hydrogen-bond acceptors (Lipinski definition) is 7. The molecular formula is C12H15N7OS. The normalized spacial score (nSPS) is 16.5. The van der Waals surface area contributed by atoms with Crippen molar-refractivity contribution in [1.82, 2.24) is 25.2 Å². The lowest BCUT2D eigenvalue weighted by molar-refractivity contribution is 0.318. The molecule has 0 aliphatic heterocycles. The fraction of sp³-hybridized carbons (Fsp3) is 0.417. The second-order valence-corrected chi connectivity index (χ2v) is 5.78. The molecule has 110 valence electrons. The highest BCUT2D eigenvalue weighted by Crippen LogP contribution is 2.33. The molecule has 2 aromatic rings. The number of amidine groups is 1. The largest absolute Gasteiger partial charge is 0.409 e. The van der Waals surface area contributed by atoms with E-state index >= 15 is 0 Å². The minimum absolute atomic E-state index is 0.0205. The van der Waals surface area contributed by atoms with Gasteiger partial charge in [0.1, 0.15) is 10.7 Å². The minimum Gasteiger partial charge on any atom is -0.409 e. The first kappa shape index (κ1) is 13.8. The molecule has 3 N–H and O–H groups in total. The Kier molecular flexibility index (Phi) is 4.00. The van der Waals surface area contributed by atoms with Crippen LogP contribution in [0.25, 0.3) is 0 Å². The van der Waals surface area contributed by atoms with E-state index in [-0.39, 0.29) is 5.84 Å². The molecule has 2 heterocycles. The van der Waals surface area contributed by atoms with Gasteiger partial charge >= 0.3 is 0 Å². The standard InChI is InChI=1S/C12H15N7OS/c13-11(16-20)9-6-3-7-10(14-9)21-12-15-17-18-19(12)8-4-1-2-5-8/h3,6-8,20H,1-2,4-5H2,(H2,13,16). The summed E-state index contributed by atoms with van der Waals surface area (Å²) in [4.78, 5) is 4.32. The van der Waals surface area contributed by atoms with Gasteiger partial charge in [0.2, 0.25) is 5.16 Å². The average Bonchev–Trinajstić information content (AvgIpc) is 3.17. The first-order valence-corrected chi connectivity index (χ1v) is 7.50.